The summed E-state index contributed by atoms with van der Waals surface area (Å²) in [6.45, 7) is 2.60. The summed E-state index contributed by atoms with van der Waals surface area (Å²) in [7, 11) is 1.83. The molecule has 138 valence electrons. The first-order chi connectivity index (χ1) is 11.8. The Bertz CT molecular complexity index is 601. The number of carbonyl (C=O) groups is 2. The molecule has 0 saturated carbocycles. The van der Waals surface area contributed by atoms with Gasteiger partial charge in [-0.1, -0.05) is 12.1 Å². The second-order valence-electron chi connectivity index (χ2n) is 4.64. The second-order valence-corrected chi connectivity index (χ2v) is 4.64. The third kappa shape index (κ3) is 10.6. The van der Waals surface area contributed by atoms with E-state index in [-0.39, 0.29) is 11.9 Å². The van der Waals surface area contributed by atoms with E-state index >= 15 is 0 Å². The van der Waals surface area contributed by atoms with E-state index in [4.69, 9.17) is 14.9 Å². The Morgan fingerprint density at radius 2 is 1.84 bits per heavy atom. The third-order valence-electron chi connectivity index (χ3n) is 2.65. The Morgan fingerprint density at radius 1 is 1.24 bits per heavy atom. The quantitative estimate of drug-likeness (QED) is 0.489. The molecule has 0 saturated heterocycles. The molecule has 0 aliphatic carbocycles. The fraction of sp³-hybridized carbons (Fsp3) is 0.294. The van der Waals surface area contributed by atoms with Crippen molar-refractivity contribution in [1.82, 2.24) is 5.32 Å². The normalized spacial score (nSPS) is 11.8. The van der Waals surface area contributed by atoms with Gasteiger partial charge in [-0.15, -0.1) is 0 Å². The van der Waals surface area contributed by atoms with Crippen LogP contribution in [0.2, 0.25) is 0 Å². The summed E-state index contributed by atoms with van der Waals surface area (Å²) >= 11 is 0. The number of benzene rings is 1. The van der Waals surface area contributed by atoms with Crippen LogP contribution in [0, 0.1) is 11.6 Å². The van der Waals surface area contributed by atoms with Crippen molar-refractivity contribution in [2.45, 2.75) is 19.4 Å². The van der Waals surface area contributed by atoms with Gasteiger partial charge in [-0.2, -0.15) is 4.39 Å². The second kappa shape index (κ2) is 12.7. The minimum atomic E-state index is -1.26. The molecule has 25 heavy (non-hydrogen) atoms. The molecule has 1 aromatic carbocycles. The van der Waals surface area contributed by atoms with E-state index in [2.05, 4.69) is 5.32 Å². The number of ether oxygens (including phenoxy) is 1. The fourth-order valence-electron chi connectivity index (χ4n) is 1.58. The van der Waals surface area contributed by atoms with Crippen LogP contribution in [0.25, 0.3) is 0 Å². The van der Waals surface area contributed by atoms with Crippen molar-refractivity contribution in [1.29, 1.82) is 0 Å². The van der Waals surface area contributed by atoms with Crippen LogP contribution in [-0.4, -0.2) is 41.8 Å². The van der Waals surface area contributed by atoms with Crippen LogP contribution in [0.4, 0.5) is 8.78 Å². The molecule has 0 amide bonds. The zero-order valence-electron chi connectivity index (χ0n) is 13.9. The van der Waals surface area contributed by atoms with Gasteiger partial charge in [-0.25, -0.2) is 14.0 Å². The van der Waals surface area contributed by atoms with E-state index in [1.54, 1.807) is 0 Å². The smallest absolute Gasteiger partial charge is 0.328 e. The van der Waals surface area contributed by atoms with Crippen LogP contribution in [0.15, 0.2) is 42.5 Å². The Balaban J connectivity index is 0.000000609. The number of carboxylic acids is 2. The van der Waals surface area contributed by atoms with Gasteiger partial charge in [-0.05, 0) is 38.7 Å². The van der Waals surface area contributed by atoms with Crippen LogP contribution in [0.1, 0.15) is 13.3 Å². The fourth-order valence-corrected chi connectivity index (χ4v) is 1.58. The van der Waals surface area contributed by atoms with E-state index in [9.17, 15) is 18.4 Å². The average Bonchev–Trinajstić information content (AvgIpc) is 2.55. The number of rotatable bonds is 8. The maximum Gasteiger partial charge on any atom is 0.328 e. The van der Waals surface area contributed by atoms with Crippen molar-refractivity contribution in [3.05, 3.63) is 54.1 Å². The van der Waals surface area contributed by atoms with Gasteiger partial charge in [0.2, 0.25) is 5.82 Å². The molecular weight excluding hydrogens is 336 g/mol. The van der Waals surface area contributed by atoms with Crippen LogP contribution >= 0.6 is 0 Å². The lowest BCUT2D eigenvalue weighted by molar-refractivity contribution is -0.134. The lowest BCUT2D eigenvalue weighted by atomic mass is 10.2. The Kier molecular flexibility index (Phi) is 11.3. The zero-order chi connectivity index (χ0) is 19.2. The van der Waals surface area contributed by atoms with Crippen LogP contribution < -0.4 is 10.1 Å². The minimum Gasteiger partial charge on any atom is -0.483 e. The predicted octanol–water partition coefficient (Wildman–Crippen LogP) is 2.61. The summed E-state index contributed by atoms with van der Waals surface area (Å²) in [5.41, 5.74) is 0. The van der Waals surface area contributed by atoms with E-state index in [0.29, 0.717) is 18.6 Å². The van der Waals surface area contributed by atoms with E-state index in [1.165, 1.54) is 12.1 Å². The summed E-state index contributed by atoms with van der Waals surface area (Å²) in [5, 5.41) is 18.6. The maximum atomic E-state index is 13.4. The largest absolute Gasteiger partial charge is 0.483 e. The number of nitrogens with one attached hydrogen (secondary N) is 1. The molecule has 0 heterocycles. The maximum absolute atomic E-state index is 13.4. The molecule has 0 aromatic heterocycles. The Labute approximate surface area is 144 Å². The molecule has 0 aliphatic heterocycles. The molecule has 0 fully saturated rings. The summed E-state index contributed by atoms with van der Waals surface area (Å²) in [6.07, 6.45) is 5.20. The van der Waals surface area contributed by atoms with Gasteiger partial charge in [0, 0.05) is 18.6 Å². The average molecular weight is 357 g/mol. The van der Waals surface area contributed by atoms with Crippen molar-refractivity contribution in [2.24, 2.45) is 0 Å². The molecule has 1 atom stereocenters. The first-order valence-corrected chi connectivity index (χ1v) is 7.33. The Hall–Kier alpha value is -2.74. The molecule has 0 bridgehead atoms. The molecule has 1 rings (SSSR count). The van der Waals surface area contributed by atoms with Gasteiger partial charge in [0.05, 0.1) is 0 Å². The van der Waals surface area contributed by atoms with Crippen molar-refractivity contribution >= 4 is 11.9 Å². The van der Waals surface area contributed by atoms with Gasteiger partial charge >= 0.3 is 11.9 Å². The third-order valence-corrected chi connectivity index (χ3v) is 2.65. The van der Waals surface area contributed by atoms with Crippen LogP contribution in [0.5, 0.6) is 5.75 Å². The molecule has 1 unspecified atom stereocenters. The highest BCUT2D eigenvalue weighted by molar-refractivity contribution is 5.89. The molecule has 1 aromatic rings. The van der Waals surface area contributed by atoms with Crippen molar-refractivity contribution in [3.63, 3.8) is 0 Å². The predicted molar refractivity (Wildman–Crippen MR) is 88.5 cm³/mol. The summed E-state index contributed by atoms with van der Waals surface area (Å²) < 4.78 is 31.8. The van der Waals surface area contributed by atoms with Crippen molar-refractivity contribution in [2.75, 3.05) is 13.6 Å². The number of carboxylic acid groups (broad SMARTS) is 2. The van der Waals surface area contributed by atoms with Gasteiger partial charge in [0.1, 0.15) is 6.10 Å². The molecule has 6 nitrogen and oxygen atoms in total. The first-order valence-electron chi connectivity index (χ1n) is 7.33. The number of allylic oxidation sites excluding steroid dienone is 1. The van der Waals surface area contributed by atoms with Gasteiger partial charge < -0.3 is 20.3 Å². The van der Waals surface area contributed by atoms with E-state index in [1.807, 2.05) is 26.1 Å². The van der Waals surface area contributed by atoms with Gasteiger partial charge in [0.15, 0.2) is 11.6 Å². The van der Waals surface area contributed by atoms with E-state index in [0.717, 1.165) is 12.6 Å². The topological polar surface area (TPSA) is 95.9 Å². The number of hydrogen-bond donors (Lipinski definition) is 3. The zero-order valence-corrected chi connectivity index (χ0v) is 13.9. The highest BCUT2D eigenvalue weighted by atomic mass is 19.2. The first kappa shape index (κ1) is 22.3. The van der Waals surface area contributed by atoms with Crippen molar-refractivity contribution in [3.8, 4) is 5.75 Å². The Morgan fingerprint density at radius 3 is 2.32 bits per heavy atom. The standard InChI is InChI=1S/C13H17F2NO.C4H4O4/c1-3-5-10(8-9-16-2)17-12-7-4-6-11(14)13(12)15;5-3(6)1-2-4(7)8/h3-7,10,16H,8-9H2,1-2H3;1-2H,(H,5,6)(H,7,8)/b5-3+;2-1+. The van der Waals surface area contributed by atoms with Gasteiger partial charge in [-0.3, -0.25) is 0 Å². The molecule has 0 spiro atoms. The summed E-state index contributed by atoms with van der Waals surface area (Å²) in [6, 6.07) is 3.92. The number of aliphatic carboxylic acids is 2. The lowest BCUT2D eigenvalue weighted by Crippen LogP contribution is -2.21. The molecule has 0 radical (unpaired) electrons. The summed E-state index contributed by atoms with van der Waals surface area (Å²) in [5.74, 6) is -4.40. The van der Waals surface area contributed by atoms with Crippen LogP contribution in [0.3, 0.4) is 0 Å². The molecule has 0 aliphatic rings. The SMILES string of the molecule is C/C=C/C(CCNC)Oc1cccc(F)c1F.O=C(O)/C=C/C(=O)O. The van der Waals surface area contributed by atoms with Gasteiger partial charge in [0.25, 0.3) is 0 Å². The van der Waals surface area contributed by atoms with Crippen molar-refractivity contribution < 1.29 is 33.3 Å². The highest BCUT2D eigenvalue weighted by Gasteiger charge is 2.12. The summed E-state index contributed by atoms with van der Waals surface area (Å²) in [4.78, 5) is 19.1. The number of halogens is 2. The monoisotopic (exact) mass is 357 g/mol. The minimum absolute atomic E-state index is 0.0517. The number of hydrogen-bond acceptors (Lipinski definition) is 4. The molecule has 3 N–H and O–H groups in total. The van der Waals surface area contributed by atoms with E-state index < -0.39 is 23.6 Å². The highest BCUT2D eigenvalue weighted by Crippen LogP contribution is 2.21. The molecular formula is C17H21F2NO5. The van der Waals surface area contributed by atoms with Crippen LogP contribution in [-0.2, 0) is 9.59 Å². The lowest BCUT2D eigenvalue weighted by Gasteiger charge is -2.16. The molecule has 8 heteroatoms.